The Balaban J connectivity index is 1.03. The molecule has 0 spiro atoms. The van der Waals surface area contributed by atoms with Crippen molar-refractivity contribution in [2.45, 2.75) is 0 Å². The lowest BCUT2D eigenvalue weighted by molar-refractivity contribution is 0.488. The molecule has 0 saturated carbocycles. The summed E-state index contributed by atoms with van der Waals surface area (Å²) in [6, 6.07) is 69.9. The van der Waals surface area contributed by atoms with Crippen LogP contribution >= 0.6 is 0 Å². The molecule has 0 radical (unpaired) electrons. The fraction of sp³-hybridized carbons (Fsp3) is 0. The van der Waals surface area contributed by atoms with E-state index in [9.17, 15) is 0 Å². The molecular weight excluding hydrogens is 617 g/mol. The molecule has 0 aromatic heterocycles. The van der Waals surface area contributed by atoms with Crippen molar-refractivity contribution in [3.05, 3.63) is 194 Å². The number of ether oxygens (including phenoxy) is 1. The summed E-state index contributed by atoms with van der Waals surface area (Å²) in [5.41, 5.74) is 14.2. The van der Waals surface area contributed by atoms with Crippen molar-refractivity contribution in [3.63, 3.8) is 0 Å². The van der Waals surface area contributed by atoms with Crippen LogP contribution in [-0.2, 0) is 0 Å². The second kappa shape index (κ2) is 12.0. The highest BCUT2D eigenvalue weighted by atomic mass is 16.5. The third kappa shape index (κ3) is 5.19. The van der Waals surface area contributed by atoms with Crippen LogP contribution in [0.4, 0.5) is 0 Å². The van der Waals surface area contributed by atoms with Crippen LogP contribution < -0.4 is 4.74 Å². The maximum Gasteiger partial charge on any atom is 0.136 e. The first-order chi connectivity index (χ1) is 25.2. The van der Waals surface area contributed by atoms with E-state index in [0.29, 0.717) is 0 Å². The monoisotopic (exact) mass is 648 g/mol. The van der Waals surface area contributed by atoms with Crippen molar-refractivity contribution < 1.29 is 4.74 Å². The molecule has 0 fully saturated rings. The summed E-state index contributed by atoms with van der Waals surface area (Å²) in [6.45, 7) is 0. The fourth-order valence-electron chi connectivity index (χ4n) is 7.70. The molecule has 0 aliphatic carbocycles. The summed E-state index contributed by atoms with van der Waals surface area (Å²) in [4.78, 5) is 0. The second-order valence-corrected chi connectivity index (χ2v) is 13.3. The van der Waals surface area contributed by atoms with E-state index in [2.05, 4.69) is 194 Å². The van der Waals surface area contributed by atoms with Gasteiger partial charge in [0.2, 0.25) is 0 Å². The van der Waals surface area contributed by atoms with Crippen LogP contribution in [0.3, 0.4) is 0 Å². The molecular formula is C50H32O. The van der Waals surface area contributed by atoms with Gasteiger partial charge in [0.25, 0.3) is 0 Å². The Morgan fingerprint density at radius 2 is 0.725 bits per heavy atom. The van der Waals surface area contributed by atoms with Gasteiger partial charge in [0.1, 0.15) is 11.5 Å². The molecule has 0 N–H and O–H groups in total. The summed E-state index contributed by atoms with van der Waals surface area (Å²) >= 11 is 0. The summed E-state index contributed by atoms with van der Waals surface area (Å²) in [6.07, 6.45) is 0. The first kappa shape index (κ1) is 29.2. The number of benzene rings is 9. The third-order valence-corrected chi connectivity index (χ3v) is 10.2. The number of hydrogen-bond donors (Lipinski definition) is 0. The molecule has 9 aromatic carbocycles. The van der Waals surface area contributed by atoms with Gasteiger partial charge in [-0.05, 0) is 126 Å². The Kier molecular flexibility index (Phi) is 6.89. The van der Waals surface area contributed by atoms with Crippen LogP contribution in [0, 0.1) is 0 Å². The Bertz CT molecular complexity index is 2700. The molecule has 0 amide bonds. The molecule has 1 nitrogen and oxygen atoms in total. The first-order valence-electron chi connectivity index (χ1n) is 17.5. The van der Waals surface area contributed by atoms with Crippen LogP contribution in [0.15, 0.2) is 194 Å². The smallest absolute Gasteiger partial charge is 0.136 e. The largest absolute Gasteiger partial charge is 0.456 e. The lowest BCUT2D eigenvalue weighted by atomic mass is 9.90. The summed E-state index contributed by atoms with van der Waals surface area (Å²) < 4.78 is 6.68. The molecule has 0 bridgehead atoms. The molecule has 0 atom stereocenters. The van der Waals surface area contributed by atoms with E-state index in [1.54, 1.807) is 0 Å². The van der Waals surface area contributed by atoms with Gasteiger partial charge >= 0.3 is 0 Å². The van der Waals surface area contributed by atoms with E-state index >= 15 is 0 Å². The van der Waals surface area contributed by atoms with Crippen LogP contribution in [0.5, 0.6) is 11.5 Å². The minimum absolute atomic E-state index is 0.891. The minimum atomic E-state index is 0.891. The lowest BCUT2D eigenvalue weighted by Gasteiger charge is -2.23. The van der Waals surface area contributed by atoms with E-state index in [1.807, 2.05) is 0 Å². The van der Waals surface area contributed by atoms with Crippen LogP contribution in [0.2, 0.25) is 0 Å². The van der Waals surface area contributed by atoms with Gasteiger partial charge in [-0.15, -0.1) is 0 Å². The van der Waals surface area contributed by atoms with Crippen molar-refractivity contribution in [2.24, 2.45) is 0 Å². The molecule has 1 aliphatic heterocycles. The molecule has 0 saturated heterocycles. The summed E-state index contributed by atoms with van der Waals surface area (Å²) in [5.74, 6) is 1.81. The normalized spacial score (nSPS) is 11.7. The van der Waals surface area contributed by atoms with Crippen molar-refractivity contribution in [1.82, 2.24) is 0 Å². The molecule has 1 heterocycles. The lowest BCUT2D eigenvalue weighted by Crippen LogP contribution is -1.98. The van der Waals surface area contributed by atoms with Gasteiger partial charge in [-0.2, -0.15) is 0 Å². The maximum absolute atomic E-state index is 6.68. The highest BCUT2D eigenvalue weighted by Gasteiger charge is 2.22. The van der Waals surface area contributed by atoms with E-state index in [-0.39, 0.29) is 0 Å². The summed E-state index contributed by atoms with van der Waals surface area (Å²) in [5, 5.41) is 4.86. The van der Waals surface area contributed by atoms with Gasteiger partial charge in [0, 0.05) is 10.9 Å². The van der Waals surface area contributed by atoms with Crippen LogP contribution in [-0.4, -0.2) is 0 Å². The Hall–Kier alpha value is -6.70. The van der Waals surface area contributed by atoms with Gasteiger partial charge in [-0.3, -0.25) is 0 Å². The van der Waals surface area contributed by atoms with E-state index in [4.69, 9.17) is 4.74 Å². The standard InChI is InChI=1S/C50H32O/c1-3-12-33(13-4-1)41-28-42(34-14-5-2-6-15-34)30-43(29-41)38-20-10-18-36(27-38)35-17-9-19-37(26-35)39-24-25-45-47-23-11-22-46-44-21-8-7-16-40(44)32-49(50(46)47)51-48(45)31-39/h1-32H. The SMILES string of the molecule is c1ccc(-c2cc(-c3ccccc3)cc(-c3cccc(-c4cccc(-c5ccc6c(c5)Oc5cc7ccccc7c7cccc-6c57)c4)c3)c2)cc1. The van der Waals surface area contributed by atoms with Crippen molar-refractivity contribution in [2.75, 3.05) is 0 Å². The zero-order valence-electron chi connectivity index (χ0n) is 27.9. The van der Waals surface area contributed by atoms with E-state index < -0.39 is 0 Å². The van der Waals surface area contributed by atoms with Crippen molar-refractivity contribution >= 4 is 21.5 Å². The van der Waals surface area contributed by atoms with Gasteiger partial charge in [0.15, 0.2) is 0 Å². The summed E-state index contributed by atoms with van der Waals surface area (Å²) in [7, 11) is 0. The Morgan fingerprint density at radius 3 is 1.37 bits per heavy atom. The molecule has 238 valence electrons. The highest BCUT2D eigenvalue weighted by Crippen LogP contribution is 2.49. The minimum Gasteiger partial charge on any atom is -0.456 e. The second-order valence-electron chi connectivity index (χ2n) is 13.3. The Labute approximate surface area is 297 Å². The van der Waals surface area contributed by atoms with E-state index in [0.717, 1.165) is 28.2 Å². The molecule has 9 aromatic rings. The molecule has 0 unspecified atom stereocenters. The fourth-order valence-corrected chi connectivity index (χ4v) is 7.70. The first-order valence-corrected chi connectivity index (χ1v) is 17.5. The Morgan fingerprint density at radius 1 is 0.255 bits per heavy atom. The van der Waals surface area contributed by atoms with Crippen LogP contribution in [0.1, 0.15) is 0 Å². The molecule has 1 aliphatic rings. The van der Waals surface area contributed by atoms with E-state index in [1.165, 1.54) is 71.6 Å². The average Bonchev–Trinajstić information content (AvgIpc) is 3.21. The molecule has 51 heavy (non-hydrogen) atoms. The van der Waals surface area contributed by atoms with Gasteiger partial charge in [0.05, 0.1) is 0 Å². The number of fused-ring (bicyclic) bond motifs is 4. The number of hydrogen-bond acceptors (Lipinski definition) is 1. The zero-order valence-corrected chi connectivity index (χ0v) is 27.9. The predicted molar refractivity (Wildman–Crippen MR) is 214 cm³/mol. The average molecular weight is 649 g/mol. The van der Waals surface area contributed by atoms with Crippen molar-refractivity contribution in [3.8, 4) is 78.3 Å². The predicted octanol–water partition coefficient (Wildman–Crippen LogP) is 14.1. The van der Waals surface area contributed by atoms with Crippen molar-refractivity contribution in [1.29, 1.82) is 0 Å². The number of rotatable bonds is 5. The topological polar surface area (TPSA) is 9.23 Å². The van der Waals surface area contributed by atoms with Gasteiger partial charge in [-0.1, -0.05) is 146 Å². The molecule has 1 heteroatoms. The van der Waals surface area contributed by atoms with Gasteiger partial charge < -0.3 is 4.74 Å². The highest BCUT2D eigenvalue weighted by molar-refractivity contribution is 6.16. The van der Waals surface area contributed by atoms with Gasteiger partial charge in [-0.25, -0.2) is 0 Å². The quantitative estimate of drug-likeness (QED) is 0.169. The van der Waals surface area contributed by atoms with Crippen LogP contribution in [0.25, 0.3) is 88.3 Å². The third-order valence-electron chi connectivity index (χ3n) is 10.2. The zero-order chi connectivity index (χ0) is 33.7. The molecule has 10 rings (SSSR count). The maximum atomic E-state index is 6.68.